The van der Waals surface area contributed by atoms with Crippen LogP contribution in [-0.2, 0) is 16.1 Å². The van der Waals surface area contributed by atoms with Crippen LogP contribution < -0.4 is 15.4 Å². The normalized spacial score (nSPS) is 26.8. The molecule has 3 aliphatic heterocycles. The van der Waals surface area contributed by atoms with E-state index in [1.165, 1.54) is 10.6 Å². The fourth-order valence-electron chi connectivity index (χ4n) is 4.29. The summed E-state index contributed by atoms with van der Waals surface area (Å²) in [5.41, 5.74) is -0.397. The van der Waals surface area contributed by atoms with Crippen molar-refractivity contribution in [2.45, 2.75) is 64.1 Å². The summed E-state index contributed by atoms with van der Waals surface area (Å²) in [5, 5.41) is 0. The number of hydrogen-bond acceptors (Lipinski definition) is 6. The number of fused-ring (bicyclic) bond motifs is 3. The minimum atomic E-state index is -4.52. The van der Waals surface area contributed by atoms with Crippen LogP contribution in [-0.4, -0.2) is 59.4 Å². The molecule has 1 aromatic rings. The lowest BCUT2D eigenvalue weighted by Gasteiger charge is -2.40. The van der Waals surface area contributed by atoms with Crippen LogP contribution in [0.15, 0.2) is 10.9 Å². The number of morpholine rings is 1. The van der Waals surface area contributed by atoms with Crippen LogP contribution in [0.25, 0.3) is 0 Å². The monoisotopic (exact) mass is 414 g/mol. The average molecular weight is 414 g/mol. The van der Waals surface area contributed by atoms with Gasteiger partial charge in [0.1, 0.15) is 11.9 Å². The van der Waals surface area contributed by atoms with E-state index in [1.54, 1.807) is 13.8 Å². The first-order chi connectivity index (χ1) is 13.6. The number of carbonyl (C=O) groups excluding carboxylic acids is 1. The SMILES string of the molecule is CC(C)C(=O)CN1c2nc(N3CC4CCC(C3)O4)cc(=O)n2CCC1C(F)(F)F. The standard InChI is InChI=1S/C19H25F3N4O3/c1-11(2)14(27)10-26-15(19(20,21)22)5-6-25-17(28)7-16(23-18(25)26)24-8-12-3-4-13(9-24)29-12/h7,11-13,15H,3-6,8-10H2,1-2H3. The average Bonchev–Trinajstić information content (AvgIpc) is 2.98. The number of Topliss-reactive ketones (excluding diaryl/α,β-unsaturated/α-hetero) is 1. The molecule has 0 spiro atoms. The molecule has 2 saturated heterocycles. The van der Waals surface area contributed by atoms with E-state index < -0.39 is 30.2 Å². The van der Waals surface area contributed by atoms with Crippen LogP contribution in [0.2, 0.25) is 0 Å². The van der Waals surface area contributed by atoms with Gasteiger partial charge in [0, 0.05) is 31.6 Å². The Balaban J connectivity index is 1.73. The molecule has 160 valence electrons. The van der Waals surface area contributed by atoms with Crippen LogP contribution in [0.1, 0.15) is 33.1 Å². The van der Waals surface area contributed by atoms with Gasteiger partial charge in [0.2, 0.25) is 5.95 Å². The molecule has 2 fully saturated rings. The largest absolute Gasteiger partial charge is 0.408 e. The Morgan fingerprint density at radius 1 is 1.24 bits per heavy atom. The number of carbonyl (C=O) groups is 1. The Morgan fingerprint density at radius 2 is 1.90 bits per heavy atom. The maximum atomic E-state index is 13.7. The Kier molecular flexibility index (Phi) is 5.08. The second-order valence-electron chi connectivity index (χ2n) is 8.36. The fourth-order valence-corrected chi connectivity index (χ4v) is 4.29. The number of hydrogen-bond donors (Lipinski definition) is 0. The summed E-state index contributed by atoms with van der Waals surface area (Å²) in [6.07, 6.45) is -2.85. The molecule has 3 unspecified atom stereocenters. The molecule has 4 heterocycles. The summed E-state index contributed by atoms with van der Waals surface area (Å²) in [6.45, 7) is 3.91. The third kappa shape index (κ3) is 3.86. The van der Waals surface area contributed by atoms with Crippen LogP contribution in [0.4, 0.5) is 24.9 Å². The van der Waals surface area contributed by atoms with Gasteiger partial charge in [-0.25, -0.2) is 0 Å². The molecule has 4 rings (SSSR count). The molecule has 3 aliphatic rings. The number of aromatic nitrogens is 2. The molecule has 29 heavy (non-hydrogen) atoms. The summed E-state index contributed by atoms with van der Waals surface area (Å²) in [4.78, 5) is 32.3. The van der Waals surface area contributed by atoms with Crippen LogP contribution in [0.5, 0.6) is 0 Å². The first kappa shape index (κ1) is 20.2. The molecule has 10 heteroatoms. The molecule has 0 aliphatic carbocycles. The Hall–Kier alpha value is -2.10. The van der Waals surface area contributed by atoms with Crippen molar-refractivity contribution >= 4 is 17.5 Å². The first-order valence-corrected chi connectivity index (χ1v) is 10.0. The van der Waals surface area contributed by atoms with Gasteiger partial charge in [0.05, 0.1) is 18.8 Å². The van der Waals surface area contributed by atoms with Gasteiger partial charge < -0.3 is 14.5 Å². The highest BCUT2D eigenvalue weighted by atomic mass is 19.4. The van der Waals surface area contributed by atoms with Crippen molar-refractivity contribution < 1.29 is 22.7 Å². The van der Waals surface area contributed by atoms with Crippen LogP contribution in [0, 0.1) is 5.92 Å². The molecule has 0 amide bonds. The Morgan fingerprint density at radius 3 is 2.48 bits per heavy atom. The van der Waals surface area contributed by atoms with Crippen LogP contribution >= 0.6 is 0 Å². The minimum absolute atomic E-state index is 0.0517. The van der Waals surface area contributed by atoms with Crippen molar-refractivity contribution in [3.63, 3.8) is 0 Å². The van der Waals surface area contributed by atoms with Crippen LogP contribution in [0.3, 0.4) is 0 Å². The number of alkyl halides is 3. The van der Waals surface area contributed by atoms with E-state index in [0.717, 1.165) is 17.7 Å². The van der Waals surface area contributed by atoms with Gasteiger partial charge in [-0.15, -0.1) is 0 Å². The van der Waals surface area contributed by atoms with Gasteiger partial charge in [0.25, 0.3) is 5.56 Å². The summed E-state index contributed by atoms with van der Waals surface area (Å²) in [6, 6.07) is -0.460. The Labute approximate surface area is 166 Å². The maximum absolute atomic E-state index is 13.7. The molecular formula is C19H25F3N4O3. The molecule has 7 nitrogen and oxygen atoms in total. The maximum Gasteiger partial charge on any atom is 0.408 e. The van der Waals surface area contributed by atoms with Crippen molar-refractivity contribution in [3.05, 3.63) is 16.4 Å². The van der Waals surface area contributed by atoms with Crippen molar-refractivity contribution in [1.29, 1.82) is 0 Å². The van der Waals surface area contributed by atoms with Gasteiger partial charge in [0.15, 0.2) is 5.78 Å². The molecule has 0 saturated carbocycles. The number of halogens is 3. The molecule has 0 aromatic carbocycles. The van der Waals surface area contributed by atoms with Crippen molar-refractivity contribution in [1.82, 2.24) is 9.55 Å². The smallest absolute Gasteiger partial charge is 0.371 e. The van der Waals surface area contributed by atoms with Gasteiger partial charge in [-0.3, -0.25) is 14.2 Å². The van der Waals surface area contributed by atoms with E-state index >= 15 is 0 Å². The zero-order valence-electron chi connectivity index (χ0n) is 16.5. The highest BCUT2D eigenvalue weighted by Crippen LogP contribution is 2.35. The van der Waals surface area contributed by atoms with Crippen molar-refractivity contribution in [3.8, 4) is 0 Å². The second kappa shape index (κ2) is 7.30. The lowest BCUT2D eigenvalue weighted by Crippen LogP contribution is -2.54. The summed E-state index contributed by atoms with van der Waals surface area (Å²) >= 11 is 0. The Bertz CT molecular complexity index is 842. The van der Waals surface area contributed by atoms with Gasteiger partial charge in [-0.1, -0.05) is 13.8 Å². The number of nitrogens with zero attached hydrogens (tertiary/aromatic N) is 4. The molecule has 3 atom stereocenters. The summed E-state index contributed by atoms with van der Waals surface area (Å²) < 4.78 is 48.2. The molecule has 2 bridgehead atoms. The van der Waals surface area contributed by atoms with Gasteiger partial charge >= 0.3 is 6.18 Å². The number of anilines is 2. The van der Waals surface area contributed by atoms with E-state index in [9.17, 15) is 22.8 Å². The second-order valence-corrected chi connectivity index (χ2v) is 8.36. The predicted molar refractivity (Wildman–Crippen MR) is 100 cm³/mol. The molecule has 0 N–H and O–H groups in total. The van der Waals surface area contributed by atoms with E-state index in [2.05, 4.69) is 4.98 Å². The number of ketones is 1. The zero-order chi connectivity index (χ0) is 20.9. The minimum Gasteiger partial charge on any atom is -0.371 e. The third-order valence-corrected chi connectivity index (χ3v) is 5.95. The quantitative estimate of drug-likeness (QED) is 0.751. The fraction of sp³-hybridized carbons (Fsp3) is 0.737. The third-order valence-electron chi connectivity index (χ3n) is 5.95. The van der Waals surface area contributed by atoms with E-state index in [0.29, 0.717) is 18.9 Å². The first-order valence-electron chi connectivity index (χ1n) is 10.0. The molecular weight excluding hydrogens is 389 g/mol. The highest BCUT2D eigenvalue weighted by Gasteiger charge is 2.47. The molecule has 1 aromatic heterocycles. The molecule has 0 radical (unpaired) electrons. The zero-order valence-corrected chi connectivity index (χ0v) is 16.5. The highest BCUT2D eigenvalue weighted by molar-refractivity contribution is 5.85. The lowest BCUT2D eigenvalue weighted by atomic mass is 10.1. The van der Waals surface area contributed by atoms with Crippen molar-refractivity contribution in [2.24, 2.45) is 5.92 Å². The van der Waals surface area contributed by atoms with Gasteiger partial charge in [-0.2, -0.15) is 18.2 Å². The topological polar surface area (TPSA) is 67.7 Å². The summed E-state index contributed by atoms with van der Waals surface area (Å²) in [7, 11) is 0. The van der Waals surface area contributed by atoms with E-state index in [1.807, 2.05) is 4.90 Å². The van der Waals surface area contributed by atoms with Gasteiger partial charge in [-0.05, 0) is 19.3 Å². The predicted octanol–water partition coefficient (Wildman–Crippen LogP) is 1.98. The number of ether oxygens (including phenoxy) is 1. The van der Waals surface area contributed by atoms with E-state index in [-0.39, 0.29) is 36.9 Å². The summed E-state index contributed by atoms with van der Waals surface area (Å²) in [5.74, 6) is -0.457. The lowest BCUT2D eigenvalue weighted by molar-refractivity contribution is -0.153. The van der Waals surface area contributed by atoms with Crippen molar-refractivity contribution in [2.75, 3.05) is 29.4 Å². The van der Waals surface area contributed by atoms with E-state index in [4.69, 9.17) is 4.74 Å². The number of rotatable bonds is 4.